The normalized spacial score (nSPS) is 18.9. The highest BCUT2D eigenvalue weighted by atomic mass is 16.5. The third-order valence-electron chi connectivity index (χ3n) is 4.60. The van der Waals surface area contributed by atoms with Gasteiger partial charge in [-0.25, -0.2) is 4.98 Å². The fourth-order valence-electron chi connectivity index (χ4n) is 3.15. The molecule has 0 bridgehead atoms. The van der Waals surface area contributed by atoms with Gasteiger partial charge in [-0.2, -0.15) is 0 Å². The van der Waals surface area contributed by atoms with Gasteiger partial charge in [0.15, 0.2) is 0 Å². The van der Waals surface area contributed by atoms with Gasteiger partial charge < -0.3 is 14.4 Å². The van der Waals surface area contributed by atoms with Crippen LogP contribution in [0.15, 0.2) is 24.3 Å². The van der Waals surface area contributed by atoms with Crippen LogP contribution in [0.1, 0.15) is 31.5 Å². The van der Waals surface area contributed by atoms with Gasteiger partial charge >= 0.3 is 0 Å². The second kappa shape index (κ2) is 5.19. The molecule has 0 amide bonds. The van der Waals surface area contributed by atoms with E-state index in [1.54, 1.807) is 7.11 Å². The molecule has 1 heterocycles. The molecule has 0 radical (unpaired) electrons. The summed E-state index contributed by atoms with van der Waals surface area (Å²) in [7, 11) is 3.76. The Bertz CT molecular complexity index is 596. The number of rotatable bonds is 5. The lowest BCUT2D eigenvalue weighted by Crippen LogP contribution is -2.42. The van der Waals surface area contributed by atoms with Crippen LogP contribution in [0.25, 0.3) is 11.0 Å². The molecule has 2 aromatic rings. The molecular formula is C16H22N2O2. The van der Waals surface area contributed by atoms with E-state index in [2.05, 4.69) is 15.6 Å². The van der Waals surface area contributed by atoms with Crippen molar-refractivity contribution in [2.75, 3.05) is 7.11 Å². The van der Waals surface area contributed by atoms with Crippen LogP contribution in [0.4, 0.5) is 0 Å². The highest BCUT2D eigenvalue weighted by Crippen LogP contribution is 2.39. The number of hydrogen-bond acceptors (Lipinski definition) is 3. The largest absolute Gasteiger partial charge is 0.393 e. The first-order valence-electron chi connectivity index (χ1n) is 7.27. The van der Waals surface area contributed by atoms with Crippen LogP contribution in [0.5, 0.6) is 0 Å². The number of fused-ring (bicyclic) bond motifs is 1. The summed E-state index contributed by atoms with van der Waals surface area (Å²) in [6.45, 7) is 0. The van der Waals surface area contributed by atoms with Crippen LogP contribution in [-0.2, 0) is 18.2 Å². The number of para-hydroxylation sites is 2. The number of hydrogen-bond donors (Lipinski definition) is 1. The number of aliphatic hydroxyl groups excluding tert-OH is 1. The fraction of sp³-hybridized carbons (Fsp3) is 0.562. The molecule has 0 spiro atoms. The average molecular weight is 274 g/mol. The molecule has 0 saturated heterocycles. The SMILES string of the molecule is COC1(CC(O)Cc2nc3ccccc3n2C)CCC1. The number of aromatic nitrogens is 2. The quantitative estimate of drug-likeness (QED) is 0.911. The zero-order valence-corrected chi connectivity index (χ0v) is 12.2. The predicted octanol–water partition coefficient (Wildman–Crippen LogP) is 2.44. The second-order valence-electron chi connectivity index (χ2n) is 5.88. The van der Waals surface area contributed by atoms with E-state index in [0.717, 1.165) is 29.7 Å². The molecule has 20 heavy (non-hydrogen) atoms. The van der Waals surface area contributed by atoms with E-state index in [1.165, 1.54) is 6.42 Å². The number of imidazole rings is 1. The molecule has 3 rings (SSSR count). The maximum atomic E-state index is 10.4. The number of nitrogens with zero attached hydrogens (tertiary/aromatic N) is 2. The Morgan fingerprint density at radius 2 is 2.15 bits per heavy atom. The zero-order valence-electron chi connectivity index (χ0n) is 12.2. The molecule has 1 fully saturated rings. The Balaban J connectivity index is 1.74. The van der Waals surface area contributed by atoms with Gasteiger partial charge in [0.2, 0.25) is 0 Å². The van der Waals surface area contributed by atoms with Crippen LogP contribution < -0.4 is 0 Å². The fourth-order valence-corrected chi connectivity index (χ4v) is 3.15. The second-order valence-corrected chi connectivity index (χ2v) is 5.88. The van der Waals surface area contributed by atoms with Gasteiger partial charge in [0.1, 0.15) is 5.82 Å². The number of ether oxygens (including phenoxy) is 1. The Morgan fingerprint density at radius 3 is 2.75 bits per heavy atom. The van der Waals surface area contributed by atoms with Crippen LogP contribution in [-0.4, -0.2) is 33.5 Å². The van der Waals surface area contributed by atoms with Crippen molar-refractivity contribution in [2.45, 2.75) is 43.8 Å². The Morgan fingerprint density at radius 1 is 1.40 bits per heavy atom. The lowest BCUT2D eigenvalue weighted by molar-refractivity contribution is -0.0991. The van der Waals surface area contributed by atoms with Gasteiger partial charge in [-0.15, -0.1) is 0 Å². The van der Waals surface area contributed by atoms with Crippen molar-refractivity contribution >= 4 is 11.0 Å². The molecule has 0 aliphatic heterocycles. The minimum Gasteiger partial charge on any atom is -0.393 e. The van der Waals surface area contributed by atoms with Gasteiger partial charge in [0.25, 0.3) is 0 Å². The minimum atomic E-state index is -0.397. The standard InChI is InChI=1S/C16H22N2O2/c1-18-14-7-4-3-6-13(14)17-15(18)10-12(19)11-16(20-2)8-5-9-16/h3-4,6-7,12,19H,5,8-11H2,1-2H3. The molecule has 1 unspecified atom stereocenters. The third kappa shape index (κ3) is 2.34. The van der Waals surface area contributed by atoms with Crippen molar-refractivity contribution in [2.24, 2.45) is 7.05 Å². The smallest absolute Gasteiger partial charge is 0.112 e. The number of aliphatic hydroxyl groups is 1. The van der Waals surface area contributed by atoms with Gasteiger partial charge in [-0.1, -0.05) is 12.1 Å². The van der Waals surface area contributed by atoms with E-state index >= 15 is 0 Å². The Labute approximate surface area is 119 Å². The molecular weight excluding hydrogens is 252 g/mol. The minimum absolute atomic E-state index is 0.0933. The molecule has 4 heteroatoms. The predicted molar refractivity (Wildman–Crippen MR) is 78.6 cm³/mol. The highest BCUT2D eigenvalue weighted by Gasteiger charge is 2.38. The summed E-state index contributed by atoms with van der Waals surface area (Å²) in [5, 5.41) is 10.4. The summed E-state index contributed by atoms with van der Waals surface area (Å²) < 4.78 is 7.65. The van der Waals surface area contributed by atoms with E-state index in [1.807, 2.05) is 25.2 Å². The van der Waals surface area contributed by atoms with E-state index in [0.29, 0.717) is 12.8 Å². The van der Waals surface area contributed by atoms with Gasteiger partial charge in [-0.05, 0) is 31.4 Å². The van der Waals surface area contributed by atoms with E-state index in [4.69, 9.17) is 4.74 Å². The molecule has 1 aromatic heterocycles. The van der Waals surface area contributed by atoms with Gasteiger partial charge in [-0.3, -0.25) is 0 Å². The van der Waals surface area contributed by atoms with E-state index < -0.39 is 6.10 Å². The molecule has 1 aliphatic carbocycles. The highest BCUT2D eigenvalue weighted by molar-refractivity contribution is 5.75. The number of aryl methyl sites for hydroxylation is 1. The van der Waals surface area contributed by atoms with Gasteiger partial charge in [0, 0.05) is 27.0 Å². The van der Waals surface area contributed by atoms with Crippen molar-refractivity contribution < 1.29 is 9.84 Å². The molecule has 1 aromatic carbocycles. The summed E-state index contributed by atoms with van der Waals surface area (Å²) in [6.07, 6.45) is 4.20. The zero-order chi connectivity index (χ0) is 14.2. The van der Waals surface area contributed by atoms with Crippen LogP contribution in [0, 0.1) is 0 Å². The average Bonchev–Trinajstić information content (AvgIpc) is 2.71. The van der Waals surface area contributed by atoms with Crippen molar-refractivity contribution in [3.05, 3.63) is 30.1 Å². The Kier molecular flexibility index (Phi) is 3.52. The first-order valence-corrected chi connectivity index (χ1v) is 7.27. The Hall–Kier alpha value is -1.39. The van der Waals surface area contributed by atoms with Crippen LogP contribution >= 0.6 is 0 Å². The maximum absolute atomic E-state index is 10.4. The molecule has 4 nitrogen and oxygen atoms in total. The van der Waals surface area contributed by atoms with E-state index in [9.17, 15) is 5.11 Å². The first kappa shape index (κ1) is 13.6. The summed E-state index contributed by atoms with van der Waals surface area (Å²) in [4.78, 5) is 4.61. The number of benzene rings is 1. The number of methoxy groups -OCH3 is 1. The van der Waals surface area contributed by atoms with Crippen molar-refractivity contribution in [1.29, 1.82) is 0 Å². The molecule has 1 saturated carbocycles. The summed E-state index contributed by atoms with van der Waals surface area (Å²) in [5.41, 5.74) is 2.01. The maximum Gasteiger partial charge on any atom is 0.112 e. The van der Waals surface area contributed by atoms with Crippen LogP contribution in [0.3, 0.4) is 0 Å². The van der Waals surface area contributed by atoms with Crippen molar-refractivity contribution in [1.82, 2.24) is 9.55 Å². The molecule has 1 atom stereocenters. The van der Waals surface area contributed by atoms with Crippen molar-refractivity contribution in [3.63, 3.8) is 0 Å². The topological polar surface area (TPSA) is 47.3 Å². The van der Waals surface area contributed by atoms with Crippen molar-refractivity contribution in [3.8, 4) is 0 Å². The lowest BCUT2D eigenvalue weighted by atomic mass is 9.76. The lowest BCUT2D eigenvalue weighted by Gasteiger charge is -2.41. The van der Waals surface area contributed by atoms with E-state index in [-0.39, 0.29) is 5.60 Å². The summed E-state index contributed by atoms with van der Waals surface area (Å²) >= 11 is 0. The van der Waals surface area contributed by atoms with Gasteiger partial charge in [0.05, 0.1) is 22.7 Å². The first-order chi connectivity index (χ1) is 9.63. The molecule has 108 valence electrons. The third-order valence-corrected chi connectivity index (χ3v) is 4.60. The summed E-state index contributed by atoms with van der Waals surface area (Å²) in [6, 6.07) is 8.07. The molecule has 1 N–H and O–H groups in total. The summed E-state index contributed by atoms with van der Waals surface area (Å²) in [5.74, 6) is 0.935. The monoisotopic (exact) mass is 274 g/mol. The van der Waals surface area contributed by atoms with Crippen LogP contribution in [0.2, 0.25) is 0 Å². The molecule has 1 aliphatic rings.